The Balaban J connectivity index is 2.26. The molecule has 0 aromatic rings. The highest BCUT2D eigenvalue weighted by atomic mass is 15.0. The van der Waals surface area contributed by atoms with Gasteiger partial charge in [0, 0.05) is 18.5 Å². The van der Waals surface area contributed by atoms with Crippen LogP contribution in [0.25, 0.3) is 0 Å². The van der Waals surface area contributed by atoms with Gasteiger partial charge in [-0.2, -0.15) is 0 Å². The van der Waals surface area contributed by atoms with E-state index in [0.29, 0.717) is 6.04 Å². The molecule has 1 heterocycles. The third-order valence-electron chi connectivity index (χ3n) is 2.09. The van der Waals surface area contributed by atoms with Gasteiger partial charge in [0.05, 0.1) is 6.04 Å². The molecule has 0 aromatic carbocycles. The Kier molecular flexibility index (Phi) is 1.53. The van der Waals surface area contributed by atoms with Crippen LogP contribution in [0.4, 0.5) is 0 Å². The Morgan fingerprint density at radius 2 is 2.55 bits per heavy atom. The first-order chi connectivity index (χ1) is 5.36. The van der Waals surface area contributed by atoms with E-state index in [1.807, 2.05) is 6.21 Å². The largest absolute Gasteiger partial charge is 0.382 e. The fourth-order valence-corrected chi connectivity index (χ4v) is 1.48. The van der Waals surface area contributed by atoms with Gasteiger partial charge in [-0.05, 0) is 19.4 Å². The maximum Gasteiger partial charge on any atom is 0.0925 e. The molecule has 58 valence electrons. The van der Waals surface area contributed by atoms with E-state index in [2.05, 4.69) is 29.4 Å². The maximum atomic E-state index is 4.39. The van der Waals surface area contributed by atoms with E-state index in [-0.39, 0.29) is 0 Å². The summed E-state index contributed by atoms with van der Waals surface area (Å²) in [5.41, 5.74) is 2.63. The van der Waals surface area contributed by atoms with Gasteiger partial charge in [0.2, 0.25) is 0 Å². The summed E-state index contributed by atoms with van der Waals surface area (Å²) in [6.45, 7) is 3.01. The highest BCUT2D eigenvalue weighted by Crippen LogP contribution is 2.19. The Labute approximate surface area is 66.7 Å². The predicted octanol–water partition coefficient (Wildman–Crippen LogP) is 1.26. The minimum Gasteiger partial charge on any atom is -0.382 e. The molecule has 11 heavy (non-hydrogen) atoms. The second kappa shape index (κ2) is 2.53. The van der Waals surface area contributed by atoms with Crippen LogP contribution in [0.1, 0.15) is 13.3 Å². The molecule has 2 rings (SSSR count). The molecule has 1 unspecified atom stereocenters. The van der Waals surface area contributed by atoms with Gasteiger partial charge in [-0.3, -0.25) is 4.99 Å². The molecule has 0 radical (unpaired) electrons. The van der Waals surface area contributed by atoms with Crippen LogP contribution in [-0.4, -0.2) is 18.8 Å². The van der Waals surface area contributed by atoms with E-state index < -0.39 is 0 Å². The summed E-state index contributed by atoms with van der Waals surface area (Å²) in [6.07, 6.45) is 7.43. The van der Waals surface area contributed by atoms with Gasteiger partial charge in [-0.25, -0.2) is 0 Å². The van der Waals surface area contributed by atoms with Crippen LogP contribution in [0.15, 0.2) is 28.4 Å². The van der Waals surface area contributed by atoms with Crippen LogP contribution in [-0.2, 0) is 0 Å². The molecule has 0 amide bonds. The molecule has 1 N–H and O–H groups in total. The molecule has 0 saturated carbocycles. The van der Waals surface area contributed by atoms with Crippen molar-refractivity contribution in [1.82, 2.24) is 5.32 Å². The highest BCUT2D eigenvalue weighted by molar-refractivity contribution is 5.63. The predicted molar refractivity (Wildman–Crippen MR) is 46.7 cm³/mol. The molecule has 1 atom stereocenters. The highest BCUT2D eigenvalue weighted by Gasteiger charge is 2.16. The second-order valence-corrected chi connectivity index (χ2v) is 3.01. The smallest absolute Gasteiger partial charge is 0.0925 e. The monoisotopic (exact) mass is 148 g/mol. The van der Waals surface area contributed by atoms with Crippen molar-refractivity contribution >= 4 is 6.21 Å². The minimum absolute atomic E-state index is 0.382. The van der Waals surface area contributed by atoms with Crippen LogP contribution < -0.4 is 5.32 Å². The van der Waals surface area contributed by atoms with Crippen molar-refractivity contribution in [3.63, 3.8) is 0 Å². The van der Waals surface area contributed by atoms with Crippen molar-refractivity contribution in [3.05, 3.63) is 23.4 Å². The molecule has 2 heteroatoms. The molecule has 0 saturated heterocycles. The number of fused-ring (bicyclic) bond motifs is 1. The first-order valence-corrected chi connectivity index (χ1v) is 4.00. The zero-order valence-electron chi connectivity index (χ0n) is 6.67. The summed E-state index contributed by atoms with van der Waals surface area (Å²) in [4.78, 5) is 4.39. The van der Waals surface area contributed by atoms with Gasteiger partial charge in [0.1, 0.15) is 0 Å². The van der Waals surface area contributed by atoms with Crippen LogP contribution in [0.2, 0.25) is 0 Å². The summed E-state index contributed by atoms with van der Waals surface area (Å²) < 4.78 is 0. The Morgan fingerprint density at radius 3 is 3.45 bits per heavy atom. The lowest BCUT2D eigenvalue weighted by molar-refractivity contribution is 0.676. The van der Waals surface area contributed by atoms with Crippen LogP contribution in [0.3, 0.4) is 0 Å². The number of nitrogens with one attached hydrogen (secondary N) is 1. The zero-order valence-corrected chi connectivity index (χ0v) is 6.67. The summed E-state index contributed by atoms with van der Waals surface area (Å²) in [5, 5.41) is 3.32. The molecule has 0 bridgehead atoms. The molecule has 2 nitrogen and oxygen atoms in total. The van der Waals surface area contributed by atoms with Gasteiger partial charge < -0.3 is 5.32 Å². The molecule has 2 aliphatic rings. The lowest BCUT2D eigenvalue weighted by Gasteiger charge is -2.23. The van der Waals surface area contributed by atoms with E-state index in [1.54, 1.807) is 0 Å². The second-order valence-electron chi connectivity index (χ2n) is 3.01. The van der Waals surface area contributed by atoms with Gasteiger partial charge in [-0.15, -0.1) is 0 Å². The minimum atomic E-state index is 0.382. The Hall–Kier alpha value is -1.05. The summed E-state index contributed by atoms with van der Waals surface area (Å²) in [6, 6.07) is 0.382. The number of hydrogen-bond donors (Lipinski definition) is 1. The van der Waals surface area contributed by atoms with Crippen LogP contribution in [0, 0.1) is 0 Å². The number of rotatable bonds is 0. The average Bonchev–Trinajstić information content (AvgIpc) is 2.04. The molecule has 0 aromatic heterocycles. The number of allylic oxidation sites excluding steroid dienone is 2. The van der Waals surface area contributed by atoms with Crippen molar-refractivity contribution < 1.29 is 0 Å². The summed E-state index contributed by atoms with van der Waals surface area (Å²) in [7, 11) is 0. The fourth-order valence-electron chi connectivity index (χ4n) is 1.48. The zero-order chi connectivity index (χ0) is 7.68. The van der Waals surface area contributed by atoms with Crippen molar-refractivity contribution in [2.24, 2.45) is 4.99 Å². The molecule has 0 fully saturated rings. The molecular formula is C9H12N2. The van der Waals surface area contributed by atoms with Crippen molar-refractivity contribution in [2.75, 3.05) is 6.54 Å². The summed E-state index contributed by atoms with van der Waals surface area (Å²) in [5.74, 6) is 0. The number of aliphatic imine (C=N–C) groups is 1. The van der Waals surface area contributed by atoms with Gasteiger partial charge >= 0.3 is 0 Å². The van der Waals surface area contributed by atoms with Crippen molar-refractivity contribution in [1.29, 1.82) is 0 Å². The number of hydrogen-bond acceptors (Lipinski definition) is 2. The first-order valence-electron chi connectivity index (χ1n) is 4.00. The normalized spacial score (nSPS) is 28.3. The average molecular weight is 148 g/mol. The Morgan fingerprint density at radius 1 is 1.64 bits per heavy atom. The van der Waals surface area contributed by atoms with E-state index in [1.165, 1.54) is 11.3 Å². The van der Waals surface area contributed by atoms with Crippen molar-refractivity contribution in [3.8, 4) is 0 Å². The fraction of sp³-hybridized carbons (Fsp3) is 0.444. The van der Waals surface area contributed by atoms with E-state index in [4.69, 9.17) is 0 Å². The Bertz CT molecular complexity index is 248. The SMILES string of the molecule is CC1=CCC2N=CCNC2=C1. The quantitative estimate of drug-likeness (QED) is 0.549. The van der Waals surface area contributed by atoms with Crippen LogP contribution >= 0.6 is 0 Å². The molecule has 1 aliphatic heterocycles. The molecule has 0 spiro atoms. The first kappa shape index (κ1) is 6.65. The third-order valence-corrected chi connectivity index (χ3v) is 2.09. The summed E-state index contributed by atoms with van der Waals surface area (Å²) >= 11 is 0. The van der Waals surface area contributed by atoms with Crippen molar-refractivity contribution in [2.45, 2.75) is 19.4 Å². The lowest BCUT2D eigenvalue weighted by Crippen LogP contribution is -2.30. The maximum absolute atomic E-state index is 4.39. The third kappa shape index (κ3) is 1.20. The van der Waals surface area contributed by atoms with E-state index in [0.717, 1.165) is 13.0 Å². The van der Waals surface area contributed by atoms with Gasteiger partial charge in [0.15, 0.2) is 0 Å². The topological polar surface area (TPSA) is 24.4 Å². The molecular weight excluding hydrogens is 136 g/mol. The standard InChI is InChI=1S/C9H12N2/c1-7-2-3-8-9(6-7)11-5-4-10-8/h2,4,6,8,11H,3,5H2,1H3. The molecule has 1 aliphatic carbocycles. The lowest BCUT2D eigenvalue weighted by atomic mass is 10.00. The van der Waals surface area contributed by atoms with E-state index in [9.17, 15) is 0 Å². The van der Waals surface area contributed by atoms with E-state index >= 15 is 0 Å². The van der Waals surface area contributed by atoms with Gasteiger partial charge in [0.25, 0.3) is 0 Å². The number of nitrogens with zero attached hydrogens (tertiary/aromatic N) is 1. The van der Waals surface area contributed by atoms with Crippen LogP contribution in [0.5, 0.6) is 0 Å². The van der Waals surface area contributed by atoms with Gasteiger partial charge in [-0.1, -0.05) is 11.6 Å².